The molecule has 0 aromatic heterocycles. The van der Waals surface area contributed by atoms with Gasteiger partial charge in [0.15, 0.2) is 0 Å². The third-order valence-corrected chi connectivity index (χ3v) is 8.21. The van der Waals surface area contributed by atoms with E-state index in [4.69, 9.17) is 0 Å². The number of hydrogen-bond donors (Lipinski definition) is 1. The Kier molecular flexibility index (Phi) is 7.25. The van der Waals surface area contributed by atoms with E-state index >= 15 is 0 Å². The van der Waals surface area contributed by atoms with Gasteiger partial charge >= 0.3 is 0 Å². The number of hydrogen-bond acceptors (Lipinski definition) is 5. The number of anilines is 2. The molecule has 0 saturated carbocycles. The van der Waals surface area contributed by atoms with Crippen molar-refractivity contribution in [3.05, 3.63) is 59.9 Å². The molecule has 6 rings (SSSR count). The highest BCUT2D eigenvalue weighted by Crippen LogP contribution is 2.36. The molecule has 4 saturated heterocycles. The molecule has 1 N–H and O–H groups in total. The second kappa shape index (κ2) is 10.5. The Bertz CT molecular complexity index is 987. The molecular formula is C28H38FN5O. The van der Waals surface area contributed by atoms with Crippen molar-refractivity contribution in [1.82, 2.24) is 15.1 Å². The largest absolute Gasteiger partial charge is 0.378 e. The Labute approximate surface area is 208 Å². The zero-order chi connectivity index (χ0) is 24.4. The summed E-state index contributed by atoms with van der Waals surface area (Å²) < 4.78 is 13.2. The number of nitrogens with one attached hydrogen (secondary N) is 1. The van der Waals surface area contributed by atoms with Crippen LogP contribution in [0, 0.1) is 17.7 Å². The van der Waals surface area contributed by atoms with Crippen molar-refractivity contribution in [1.29, 1.82) is 0 Å². The monoisotopic (exact) mass is 479 g/mol. The highest BCUT2D eigenvalue weighted by Gasteiger charge is 2.40. The van der Waals surface area contributed by atoms with Crippen molar-refractivity contribution >= 4 is 17.3 Å². The fourth-order valence-electron chi connectivity index (χ4n) is 6.06. The minimum absolute atomic E-state index is 0.0218. The first kappa shape index (κ1) is 24.1. The van der Waals surface area contributed by atoms with E-state index in [1.165, 1.54) is 12.8 Å². The molecule has 4 atom stereocenters. The Morgan fingerprint density at radius 2 is 1.71 bits per heavy atom. The summed E-state index contributed by atoms with van der Waals surface area (Å²) in [6.07, 6.45) is 2.46. The maximum Gasteiger partial charge on any atom is 0.251 e. The number of benzene rings is 2. The second-order valence-electron chi connectivity index (χ2n) is 10.6. The van der Waals surface area contributed by atoms with Crippen LogP contribution in [0.1, 0.15) is 23.2 Å². The molecular weight excluding hydrogens is 441 g/mol. The van der Waals surface area contributed by atoms with Gasteiger partial charge in [-0.1, -0.05) is 0 Å². The van der Waals surface area contributed by atoms with Crippen LogP contribution in [0.2, 0.25) is 0 Å². The molecule has 188 valence electrons. The van der Waals surface area contributed by atoms with Gasteiger partial charge in [-0.15, -0.1) is 0 Å². The van der Waals surface area contributed by atoms with E-state index in [1.54, 1.807) is 12.1 Å². The van der Waals surface area contributed by atoms with E-state index in [1.807, 2.05) is 55.4 Å². The van der Waals surface area contributed by atoms with Crippen molar-refractivity contribution in [2.75, 3.05) is 76.3 Å². The lowest BCUT2D eigenvalue weighted by molar-refractivity contribution is -0.0120. The summed E-state index contributed by atoms with van der Waals surface area (Å²) in [6, 6.07) is 15.1. The average molecular weight is 480 g/mol. The molecule has 2 aromatic rings. The molecule has 4 heterocycles. The van der Waals surface area contributed by atoms with Crippen LogP contribution < -0.4 is 15.1 Å². The molecule has 1 amide bonds. The Hall–Kier alpha value is -2.64. The summed E-state index contributed by atoms with van der Waals surface area (Å²) in [4.78, 5) is 22.3. The standard InChI is InChI=1S/C28H38FN5O/c1-31(2)25-7-3-21(4-8-25)28(35)30-18-27-17-22-11-12-34(27)20-23(22)19-32-13-15-33(16-14-32)26-9-5-24(29)6-10-26/h3-10,22-23,27H,11-20H2,1-2H3,(H,30,35)/t22-,23+,27-/m1/s1. The number of nitrogens with zero attached hydrogens (tertiary/aromatic N) is 4. The fraction of sp³-hybridized carbons (Fsp3) is 0.536. The minimum atomic E-state index is -0.175. The predicted octanol–water partition coefficient (Wildman–Crippen LogP) is 3.15. The van der Waals surface area contributed by atoms with Crippen molar-refractivity contribution < 1.29 is 9.18 Å². The molecule has 4 aliphatic heterocycles. The molecule has 7 heteroatoms. The summed E-state index contributed by atoms with van der Waals surface area (Å²) in [5.41, 5.74) is 2.94. The van der Waals surface area contributed by atoms with Gasteiger partial charge < -0.3 is 15.1 Å². The molecule has 1 unspecified atom stereocenters. The van der Waals surface area contributed by atoms with Crippen LogP contribution in [0.5, 0.6) is 0 Å². The average Bonchev–Trinajstić information content (AvgIpc) is 2.89. The zero-order valence-corrected chi connectivity index (χ0v) is 21.0. The first-order chi connectivity index (χ1) is 17.0. The third-order valence-electron chi connectivity index (χ3n) is 8.21. The lowest BCUT2D eigenvalue weighted by Gasteiger charge is -2.51. The van der Waals surface area contributed by atoms with E-state index in [9.17, 15) is 9.18 Å². The number of rotatable bonds is 7. The predicted molar refractivity (Wildman–Crippen MR) is 140 cm³/mol. The van der Waals surface area contributed by atoms with E-state index in [0.717, 1.165) is 75.2 Å². The summed E-state index contributed by atoms with van der Waals surface area (Å²) in [7, 11) is 4.01. The molecule has 0 radical (unpaired) electrons. The number of halogens is 1. The number of piperazine rings is 1. The number of carbonyl (C=O) groups is 1. The van der Waals surface area contributed by atoms with Gasteiger partial charge in [-0.3, -0.25) is 14.6 Å². The number of carbonyl (C=O) groups excluding carboxylic acids is 1. The summed E-state index contributed by atoms with van der Waals surface area (Å²) in [5.74, 6) is 1.31. The summed E-state index contributed by atoms with van der Waals surface area (Å²) in [6.45, 7) is 8.30. The first-order valence-electron chi connectivity index (χ1n) is 13.0. The van der Waals surface area contributed by atoms with Crippen LogP contribution in [0.4, 0.5) is 15.8 Å². The van der Waals surface area contributed by atoms with Gasteiger partial charge in [0.05, 0.1) is 0 Å². The highest BCUT2D eigenvalue weighted by molar-refractivity contribution is 5.94. The molecule has 2 aromatic carbocycles. The van der Waals surface area contributed by atoms with Gasteiger partial charge in [0.25, 0.3) is 5.91 Å². The Morgan fingerprint density at radius 1 is 1.00 bits per heavy atom. The van der Waals surface area contributed by atoms with Gasteiger partial charge in [0, 0.05) is 82.9 Å². The van der Waals surface area contributed by atoms with Gasteiger partial charge in [-0.05, 0) is 79.8 Å². The second-order valence-corrected chi connectivity index (χ2v) is 10.6. The Morgan fingerprint density at radius 3 is 2.34 bits per heavy atom. The number of piperidine rings is 3. The van der Waals surface area contributed by atoms with Gasteiger partial charge in [0.2, 0.25) is 0 Å². The third kappa shape index (κ3) is 5.62. The maximum absolute atomic E-state index is 13.2. The van der Waals surface area contributed by atoms with Crippen molar-refractivity contribution in [3.63, 3.8) is 0 Å². The Balaban J connectivity index is 1.07. The summed E-state index contributed by atoms with van der Waals surface area (Å²) >= 11 is 0. The molecule has 35 heavy (non-hydrogen) atoms. The molecule has 2 bridgehead atoms. The normalized spacial score (nSPS) is 26.5. The van der Waals surface area contributed by atoms with Crippen molar-refractivity contribution in [2.45, 2.75) is 18.9 Å². The van der Waals surface area contributed by atoms with Gasteiger partial charge in [0.1, 0.15) is 5.82 Å². The molecule has 0 aliphatic carbocycles. The SMILES string of the molecule is CN(C)c1ccc(C(=O)NC[C@H]2C[C@H]3CCN2C[C@@H]3CN2CCN(c3ccc(F)cc3)CC2)cc1. The van der Waals surface area contributed by atoms with E-state index in [2.05, 4.69) is 20.0 Å². The number of amides is 1. The van der Waals surface area contributed by atoms with E-state index in [-0.39, 0.29) is 11.7 Å². The van der Waals surface area contributed by atoms with E-state index in [0.29, 0.717) is 12.0 Å². The van der Waals surface area contributed by atoms with Crippen LogP contribution in [-0.4, -0.2) is 88.2 Å². The molecule has 4 fully saturated rings. The first-order valence-corrected chi connectivity index (χ1v) is 13.0. The van der Waals surface area contributed by atoms with E-state index < -0.39 is 0 Å². The smallest absolute Gasteiger partial charge is 0.251 e. The quantitative estimate of drug-likeness (QED) is 0.661. The van der Waals surface area contributed by atoms with Crippen LogP contribution in [0.25, 0.3) is 0 Å². The van der Waals surface area contributed by atoms with Crippen LogP contribution in [-0.2, 0) is 0 Å². The van der Waals surface area contributed by atoms with Crippen molar-refractivity contribution in [3.8, 4) is 0 Å². The van der Waals surface area contributed by atoms with Crippen LogP contribution in [0.15, 0.2) is 48.5 Å². The lowest BCUT2D eigenvalue weighted by atomic mass is 9.75. The topological polar surface area (TPSA) is 42.1 Å². The minimum Gasteiger partial charge on any atom is -0.378 e. The van der Waals surface area contributed by atoms with Crippen LogP contribution >= 0.6 is 0 Å². The molecule has 4 aliphatic rings. The fourth-order valence-corrected chi connectivity index (χ4v) is 6.06. The molecule has 6 nitrogen and oxygen atoms in total. The zero-order valence-electron chi connectivity index (χ0n) is 21.0. The highest BCUT2D eigenvalue weighted by atomic mass is 19.1. The van der Waals surface area contributed by atoms with Gasteiger partial charge in [-0.2, -0.15) is 0 Å². The lowest BCUT2D eigenvalue weighted by Crippen LogP contribution is -2.59. The van der Waals surface area contributed by atoms with Gasteiger partial charge in [-0.25, -0.2) is 4.39 Å². The molecule has 0 spiro atoms. The maximum atomic E-state index is 13.2. The van der Waals surface area contributed by atoms with Crippen LogP contribution in [0.3, 0.4) is 0 Å². The van der Waals surface area contributed by atoms with Crippen molar-refractivity contribution in [2.24, 2.45) is 11.8 Å². The number of fused-ring (bicyclic) bond motifs is 3. The summed E-state index contributed by atoms with van der Waals surface area (Å²) in [5, 5.41) is 3.19.